The SMILES string of the molecule is CCCNCCCOC(=O)c1cccc(OC)c1. The lowest BCUT2D eigenvalue weighted by Crippen LogP contribution is -2.18. The van der Waals surface area contributed by atoms with Gasteiger partial charge in [-0.2, -0.15) is 0 Å². The minimum Gasteiger partial charge on any atom is -0.497 e. The number of esters is 1. The second-order valence-electron chi connectivity index (χ2n) is 3.97. The number of benzene rings is 1. The van der Waals surface area contributed by atoms with E-state index >= 15 is 0 Å². The van der Waals surface area contributed by atoms with Gasteiger partial charge in [0, 0.05) is 0 Å². The highest BCUT2D eigenvalue weighted by atomic mass is 16.5. The fourth-order valence-corrected chi connectivity index (χ4v) is 1.50. The topological polar surface area (TPSA) is 47.6 Å². The van der Waals surface area contributed by atoms with Crippen molar-refractivity contribution in [3.63, 3.8) is 0 Å². The van der Waals surface area contributed by atoms with Crippen LogP contribution in [-0.4, -0.2) is 32.8 Å². The lowest BCUT2D eigenvalue weighted by atomic mass is 10.2. The van der Waals surface area contributed by atoms with Gasteiger partial charge in [0.2, 0.25) is 0 Å². The maximum Gasteiger partial charge on any atom is 0.338 e. The quantitative estimate of drug-likeness (QED) is 0.568. The van der Waals surface area contributed by atoms with Crippen LogP contribution in [0.4, 0.5) is 0 Å². The van der Waals surface area contributed by atoms with Crippen LogP contribution in [0.2, 0.25) is 0 Å². The van der Waals surface area contributed by atoms with Gasteiger partial charge in [-0.3, -0.25) is 0 Å². The molecule has 1 aromatic rings. The maximum atomic E-state index is 11.7. The van der Waals surface area contributed by atoms with Crippen molar-refractivity contribution in [2.75, 3.05) is 26.8 Å². The van der Waals surface area contributed by atoms with E-state index in [4.69, 9.17) is 9.47 Å². The highest BCUT2D eigenvalue weighted by Crippen LogP contribution is 2.13. The van der Waals surface area contributed by atoms with Crippen LogP contribution in [0.25, 0.3) is 0 Å². The molecule has 0 amide bonds. The number of carbonyl (C=O) groups excluding carboxylic acids is 1. The Morgan fingerprint density at radius 2 is 2.17 bits per heavy atom. The van der Waals surface area contributed by atoms with E-state index in [2.05, 4.69) is 12.2 Å². The molecule has 0 aromatic heterocycles. The predicted octanol–water partition coefficient (Wildman–Crippen LogP) is 2.24. The van der Waals surface area contributed by atoms with E-state index in [9.17, 15) is 4.79 Å². The molecule has 0 aliphatic heterocycles. The van der Waals surface area contributed by atoms with Gasteiger partial charge in [-0.25, -0.2) is 4.79 Å². The predicted molar refractivity (Wildman–Crippen MR) is 71.1 cm³/mol. The molecule has 0 fully saturated rings. The zero-order valence-electron chi connectivity index (χ0n) is 11.1. The first kappa shape index (κ1) is 14.5. The minimum absolute atomic E-state index is 0.301. The summed E-state index contributed by atoms with van der Waals surface area (Å²) in [6, 6.07) is 6.97. The normalized spacial score (nSPS) is 10.1. The number of hydrogen-bond acceptors (Lipinski definition) is 4. The molecule has 0 atom stereocenters. The van der Waals surface area contributed by atoms with Gasteiger partial charge in [-0.05, 0) is 44.1 Å². The second kappa shape index (κ2) is 8.53. The molecule has 0 unspecified atom stereocenters. The van der Waals surface area contributed by atoms with Crippen LogP contribution in [0.15, 0.2) is 24.3 Å². The lowest BCUT2D eigenvalue weighted by molar-refractivity contribution is 0.0500. The molecular formula is C14H21NO3. The molecule has 1 aromatic carbocycles. The smallest absolute Gasteiger partial charge is 0.338 e. The fraction of sp³-hybridized carbons (Fsp3) is 0.500. The molecule has 0 spiro atoms. The van der Waals surface area contributed by atoms with Crippen LogP contribution in [0.5, 0.6) is 5.75 Å². The summed E-state index contributed by atoms with van der Waals surface area (Å²) in [7, 11) is 1.57. The molecule has 0 aliphatic carbocycles. The summed E-state index contributed by atoms with van der Waals surface area (Å²) in [6.45, 7) is 4.44. The second-order valence-corrected chi connectivity index (χ2v) is 3.97. The maximum absolute atomic E-state index is 11.7. The van der Waals surface area contributed by atoms with E-state index in [0.29, 0.717) is 17.9 Å². The molecule has 18 heavy (non-hydrogen) atoms. The summed E-state index contributed by atoms with van der Waals surface area (Å²) in [6.07, 6.45) is 1.94. The van der Waals surface area contributed by atoms with E-state index in [1.807, 2.05) is 0 Å². The highest BCUT2D eigenvalue weighted by Gasteiger charge is 2.07. The van der Waals surface area contributed by atoms with Crippen molar-refractivity contribution >= 4 is 5.97 Å². The number of carbonyl (C=O) groups is 1. The first-order valence-electron chi connectivity index (χ1n) is 6.29. The zero-order valence-corrected chi connectivity index (χ0v) is 11.1. The van der Waals surface area contributed by atoms with Crippen LogP contribution < -0.4 is 10.1 Å². The van der Waals surface area contributed by atoms with Crippen molar-refractivity contribution in [3.8, 4) is 5.75 Å². The number of methoxy groups -OCH3 is 1. The van der Waals surface area contributed by atoms with E-state index in [0.717, 1.165) is 25.9 Å². The third kappa shape index (κ3) is 5.19. The Morgan fingerprint density at radius 3 is 2.89 bits per heavy atom. The number of nitrogens with one attached hydrogen (secondary N) is 1. The van der Waals surface area contributed by atoms with E-state index in [1.54, 1.807) is 31.4 Å². The summed E-state index contributed by atoms with van der Waals surface area (Å²) >= 11 is 0. The van der Waals surface area contributed by atoms with Gasteiger partial charge in [-0.1, -0.05) is 13.0 Å². The molecule has 0 saturated carbocycles. The monoisotopic (exact) mass is 251 g/mol. The molecule has 1 N–H and O–H groups in total. The Labute approximate surface area is 108 Å². The fourth-order valence-electron chi connectivity index (χ4n) is 1.50. The average Bonchev–Trinajstić information content (AvgIpc) is 2.42. The number of rotatable bonds is 8. The van der Waals surface area contributed by atoms with Gasteiger partial charge >= 0.3 is 5.97 Å². The van der Waals surface area contributed by atoms with Gasteiger partial charge in [0.05, 0.1) is 19.3 Å². The Hall–Kier alpha value is -1.55. The molecule has 0 aliphatic rings. The van der Waals surface area contributed by atoms with Gasteiger partial charge < -0.3 is 14.8 Å². The Morgan fingerprint density at radius 1 is 1.33 bits per heavy atom. The van der Waals surface area contributed by atoms with Gasteiger partial charge in [-0.15, -0.1) is 0 Å². The van der Waals surface area contributed by atoms with Crippen molar-refractivity contribution in [3.05, 3.63) is 29.8 Å². The summed E-state index contributed by atoms with van der Waals surface area (Å²) in [5, 5.41) is 3.26. The van der Waals surface area contributed by atoms with Crippen molar-refractivity contribution in [1.82, 2.24) is 5.32 Å². The molecule has 1 rings (SSSR count). The number of ether oxygens (including phenoxy) is 2. The van der Waals surface area contributed by atoms with E-state index in [1.165, 1.54) is 0 Å². The summed E-state index contributed by atoms with van der Waals surface area (Å²) < 4.78 is 10.2. The molecular weight excluding hydrogens is 230 g/mol. The molecule has 4 nitrogen and oxygen atoms in total. The largest absolute Gasteiger partial charge is 0.497 e. The van der Waals surface area contributed by atoms with Crippen molar-refractivity contribution < 1.29 is 14.3 Å². The summed E-state index contributed by atoms with van der Waals surface area (Å²) in [5.41, 5.74) is 0.524. The first-order valence-corrected chi connectivity index (χ1v) is 6.29. The van der Waals surface area contributed by atoms with Gasteiger partial charge in [0.15, 0.2) is 0 Å². The zero-order chi connectivity index (χ0) is 13.2. The molecule has 0 bridgehead atoms. The Balaban J connectivity index is 2.27. The van der Waals surface area contributed by atoms with E-state index < -0.39 is 0 Å². The lowest BCUT2D eigenvalue weighted by Gasteiger charge is -2.06. The molecule has 100 valence electrons. The average molecular weight is 251 g/mol. The standard InChI is InChI=1S/C14H21NO3/c1-3-8-15-9-5-10-18-14(16)12-6-4-7-13(11-12)17-2/h4,6-7,11,15H,3,5,8-10H2,1-2H3. The Kier molecular flexibility index (Phi) is 6.87. The molecule has 0 radical (unpaired) electrons. The molecule has 0 saturated heterocycles. The van der Waals surface area contributed by atoms with Crippen LogP contribution in [0, 0.1) is 0 Å². The Bertz CT molecular complexity index is 366. The van der Waals surface area contributed by atoms with Gasteiger partial charge in [0.1, 0.15) is 5.75 Å². The third-order valence-electron chi connectivity index (χ3n) is 2.46. The molecule has 4 heteroatoms. The number of hydrogen-bond donors (Lipinski definition) is 1. The van der Waals surface area contributed by atoms with E-state index in [-0.39, 0.29) is 5.97 Å². The van der Waals surface area contributed by atoms with Crippen LogP contribution in [0.3, 0.4) is 0 Å². The summed E-state index contributed by atoms with van der Waals surface area (Å²) in [5.74, 6) is 0.360. The summed E-state index contributed by atoms with van der Waals surface area (Å²) in [4.78, 5) is 11.7. The first-order chi connectivity index (χ1) is 8.77. The van der Waals surface area contributed by atoms with Crippen LogP contribution in [0.1, 0.15) is 30.1 Å². The van der Waals surface area contributed by atoms with Crippen LogP contribution >= 0.6 is 0 Å². The molecule has 0 heterocycles. The van der Waals surface area contributed by atoms with Crippen molar-refractivity contribution in [2.45, 2.75) is 19.8 Å². The van der Waals surface area contributed by atoms with Gasteiger partial charge in [0.25, 0.3) is 0 Å². The van der Waals surface area contributed by atoms with Crippen molar-refractivity contribution in [2.24, 2.45) is 0 Å². The highest BCUT2D eigenvalue weighted by molar-refractivity contribution is 5.89. The van der Waals surface area contributed by atoms with Crippen LogP contribution in [-0.2, 0) is 4.74 Å². The van der Waals surface area contributed by atoms with Crippen molar-refractivity contribution in [1.29, 1.82) is 0 Å². The third-order valence-corrected chi connectivity index (χ3v) is 2.46. The minimum atomic E-state index is -0.301.